The summed E-state index contributed by atoms with van der Waals surface area (Å²) in [6.07, 6.45) is 1.48. The van der Waals surface area contributed by atoms with E-state index in [1.54, 1.807) is 0 Å². The normalized spacial score (nSPS) is 10.8. The first-order valence-corrected chi connectivity index (χ1v) is 5.83. The smallest absolute Gasteiger partial charge is 0.130 e. The van der Waals surface area contributed by atoms with Crippen molar-refractivity contribution in [2.75, 3.05) is 5.73 Å². The van der Waals surface area contributed by atoms with Crippen LogP contribution in [0.2, 0.25) is 5.02 Å². The topological polar surface area (TPSA) is 51.8 Å². The molecule has 0 aliphatic carbocycles. The Morgan fingerprint density at radius 3 is 2.65 bits per heavy atom. The number of aromatic nitrogens is 2. The zero-order chi connectivity index (χ0) is 12.4. The van der Waals surface area contributed by atoms with Gasteiger partial charge in [0.25, 0.3) is 0 Å². The molecule has 0 bridgehead atoms. The Bertz CT molecular complexity index is 538. The quantitative estimate of drug-likeness (QED) is 0.884. The first-order valence-electron chi connectivity index (χ1n) is 5.46. The molecule has 1 heterocycles. The Hall–Kier alpha value is -1.61. The fraction of sp³-hybridized carbons (Fsp3) is 0.231. The van der Waals surface area contributed by atoms with Gasteiger partial charge in [0, 0.05) is 16.1 Å². The van der Waals surface area contributed by atoms with Crippen LogP contribution in [0.3, 0.4) is 0 Å². The van der Waals surface area contributed by atoms with Gasteiger partial charge in [0.1, 0.15) is 12.1 Å². The molecule has 0 fully saturated rings. The lowest BCUT2D eigenvalue weighted by atomic mass is 9.97. The van der Waals surface area contributed by atoms with E-state index in [1.165, 1.54) is 6.33 Å². The van der Waals surface area contributed by atoms with Gasteiger partial charge in [-0.2, -0.15) is 0 Å². The van der Waals surface area contributed by atoms with Crippen LogP contribution >= 0.6 is 11.6 Å². The lowest BCUT2D eigenvalue weighted by molar-refractivity contribution is 0.854. The van der Waals surface area contributed by atoms with Gasteiger partial charge in [-0.15, -0.1) is 0 Å². The predicted molar refractivity (Wildman–Crippen MR) is 71.0 cm³/mol. The van der Waals surface area contributed by atoms with Crippen LogP contribution in [0.4, 0.5) is 5.82 Å². The minimum Gasteiger partial charge on any atom is -0.383 e. The molecule has 2 N–H and O–H groups in total. The van der Waals surface area contributed by atoms with E-state index in [2.05, 4.69) is 23.8 Å². The summed E-state index contributed by atoms with van der Waals surface area (Å²) in [4.78, 5) is 8.37. The monoisotopic (exact) mass is 247 g/mol. The Morgan fingerprint density at radius 2 is 2.00 bits per heavy atom. The summed E-state index contributed by atoms with van der Waals surface area (Å²) in [6.45, 7) is 4.15. The van der Waals surface area contributed by atoms with Crippen LogP contribution in [0.1, 0.15) is 25.3 Å². The second kappa shape index (κ2) is 4.72. The molecule has 4 heteroatoms. The Balaban J connectivity index is 2.63. The molecule has 0 saturated carbocycles. The van der Waals surface area contributed by atoms with Crippen molar-refractivity contribution in [2.45, 2.75) is 19.8 Å². The number of anilines is 1. The summed E-state index contributed by atoms with van der Waals surface area (Å²) in [6, 6.07) is 7.60. The van der Waals surface area contributed by atoms with Gasteiger partial charge in [0.05, 0.1) is 5.69 Å². The van der Waals surface area contributed by atoms with Crippen molar-refractivity contribution >= 4 is 17.4 Å². The number of rotatable bonds is 2. The molecule has 0 amide bonds. The number of benzene rings is 1. The standard InChI is InChI=1S/C13H14ClN3/c1-8(2)11-12(16-7-17-13(11)15)9-4-3-5-10(14)6-9/h3-8H,1-2H3,(H2,15,16,17). The highest BCUT2D eigenvalue weighted by atomic mass is 35.5. The third kappa shape index (κ3) is 2.39. The number of nitrogen functional groups attached to an aromatic ring is 1. The molecule has 1 aromatic heterocycles. The van der Waals surface area contributed by atoms with Crippen molar-refractivity contribution < 1.29 is 0 Å². The molecule has 3 nitrogen and oxygen atoms in total. The lowest BCUT2D eigenvalue weighted by Crippen LogP contribution is -2.04. The molecule has 88 valence electrons. The Morgan fingerprint density at radius 1 is 1.24 bits per heavy atom. The summed E-state index contributed by atoms with van der Waals surface area (Å²) < 4.78 is 0. The van der Waals surface area contributed by atoms with E-state index in [4.69, 9.17) is 17.3 Å². The van der Waals surface area contributed by atoms with Gasteiger partial charge >= 0.3 is 0 Å². The van der Waals surface area contributed by atoms with Crippen molar-refractivity contribution in [2.24, 2.45) is 0 Å². The average molecular weight is 248 g/mol. The molecule has 2 rings (SSSR count). The minimum atomic E-state index is 0.269. The molecule has 0 aliphatic heterocycles. The first-order chi connectivity index (χ1) is 8.09. The minimum absolute atomic E-state index is 0.269. The average Bonchev–Trinajstić information content (AvgIpc) is 2.28. The third-order valence-electron chi connectivity index (χ3n) is 2.59. The molecule has 2 aromatic rings. The van der Waals surface area contributed by atoms with E-state index in [0.717, 1.165) is 16.8 Å². The van der Waals surface area contributed by atoms with Gasteiger partial charge in [-0.3, -0.25) is 0 Å². The SMILES string of the molecule is CC(C)c1c(N)ncnc1-c1cccc(Cl)c1. The third-order valence-corrected chi connectivity index (χ3v) is 2.83. The molecular weight excluding hydrogens is 234 g/mol. The summed E-state index contributed by atoms with van der Waals surface area (Å²) in [5.74, 6) is 0.801. The molecule has 1 aromatic carbocycles. The van der Waals surface area contributed by atoms with Crippen molar-refractivity contribution in [3.05, 3.63) is 41.2 Å². The number of halogens is 1. The maximum absolute atomic E-state index is 5.99. The maximum Gasteiger partial charge on any atom is 0.130 e. The summed E-state index contributed by atoms with van der Waals surface area (Å²) in [5.41, 5.74) is 8.71. The van der Waals surface area contributed by atoms with Crippen molar-refractivity contribution in [3.63, 3.8) is 0 Å². The number of hydrogen-bond acceptors (Lipinski definition) is 3. The van der Waals surface area contributed by atoms with E-state index in [-0.39, 0.29) is 5.92 Å². The van der Waals surface area contributed by atoms with Gasteiger partial charge < -0.3 is 5.73 Å². The lowest BCUT2D eigenvalue weighted by Gasteiger charge is -2.13. The predicted octanol–water partition coefficient (Wildman–Crippen LogP) is 3.50. The fourth-order valence-corrected chi connectivity index (χ4v) is 2.03. The van der Waals surface area contributed by atoms with Crippen molar-refractivity contribution in [1.82, 2.24) is 9.97 Å². The summed E-state index contributed by atoms with van der Waals surface area (Å²) >= 11 is 5.99. The Kier molecular flexibility index (Phi) is 3.29. The summed E-state index contributed by atoms with van der Waals surface area (Å²) in [5, 5.41) is 0.689. The van der Waals surface area contributed by atoms with Gasteiger partial charge in [0.2, 0.25) is 0 Å². The highest BCUT2D eigenvalue weighted by Gasteiger charge is 2.14. The molecular formula is C13H14ClN3. The second-order valence-corrected chi connectivity index (χ2v) is 4.62. The highest BCUT2D eigenvalue weighted by molar-refractivity contribution is 6.30. The van der Waals surface area contributed by atoms with Gasteiger partial charge in [-0.25, -0.2) is 9.97 Å². The molecule has 0 saturated heterocycles. The Labute approximate surface area is 106 Å². The van der Waals surface area contributed by atoms with Crippen LogP contribution in [0.15, 0.2) is 30.6 Å². The van der Waals surface area contributed by atoms with Crippen molar-refractivity contribution in [1.29, 1.82) is 0 Å². The van der Waals surface area contributed by atoms with Crippen molar-refractivity contribution in [3.8, 4) is 11.3 Å². The van der Waals surface area contributed by atoms with Gasteiger partial charge in [-0.05, 0) is 18.1 Å². The van der Waals surface area contributed by atoms with Gasteiger partial charge in [-0.1, -0.05) is 37.6 Å². The number of nitrogens with two attached hydrogens (primary N) is 1. The van der Waals surface area contributed by atoms with E-state index >= 15 is 0 Å². The molecule has 0 radical (unpaired) electrons. The highest BCUT2D eigenvalue weighted by Crippen LogP contribution is 2.31. The van der Waals surface area contributed by atoms with E-state index in [9.17, 15) is 0 Å². The molecule has 0 unspecified atom stereocenters. The zero-order valence-corrected chi connectivity index (χ0v) is 10.6. The van der Waals surface area contributed by atoms with E-state index in [1.807, 2.05) is 24.3 Å². The van der Waals surface area contributed by atoms with E-state index < -0.39 is 0 Å². The van der Waals surface area contributed by atoms with Crippen LogP contribution in [0.5, 0.6) is 0 Å². The maximum atomic E-state index is 5.99. The molecule has 0 atom stereocenters. The van der Waals surface area contributed by atoms with Crippen LogP contribution in [0, 0.1) is 0 Å². The first kappa shape index (κ1) is 11.9. The van der Waals surface area contributed by atoms with Crippen LogP contribution in [-0.4, -0.2) is 9.97 Å². The summed E-state index contributed by atoms with van der Waals surface area (Å²) in [7, 11) is 0. The van der Waals surface area contributed by atoms with E-state index in [0.29, 0.717) is 10.8 Å². The largest absolute Gasteiger partial charge is 0.383 e. The van der Waals surface area contributed by atoms with Crippen LogP contribution < -0.4 is 5.73 Å². The molecule has 17 heavy (non-hydrogen) atoms. The molecule has 0 spiro atoms. The number of hydrogen-bond donors (Lipinski definition) is 1. The zero-order valence-electron chi connectivity index (χ0n) is 9.81. The number of nitrogens with zero attached hydrogens (tertiary/aromatic N) is 2. The van der Waals surface area contributed by atoms with Crippen LogP contribution in [0.25, 0.3) is 11.3 Å². The fourth-order valence-electron chi connectivity index (χ4n) is 1.84. The second-order valence-electron chi connectivity index (χ2n) is 4.19. The van der Waals surface area contributed by atoms with Crippen LogP contribution in [-0.2, 0) is 0 Å². The van der Waals surface area contributed by atoms with Gasteiger partial charge in [0.15, 0.2) is 0 Å². The molecule has 0 aliphatic rings.